The number of carbonyl (C=O) groups is 1. The summed E-state index contributed by atoms with van der Waals surface area (Å²) >= 11 is 0. The Morgan fingerprint density at radius 1 is 1.89 bits per heavy atom. The van der Waals surface area contributed by atoms with Gasteiger partial charge in [-0.25, -0.2) is 0 Å². The van der Waals surface area contributed by atoms with E-state index >= 15 is 0 Å². The Labute approximate surface area is 54.4 Å². The molecule has 0 aliphatic rings. The molecule has 1 amide bonds. The predicted molar refractivity (Wildman–Crippen MR) is 33.7 cm³/mol. The van der Waals surface area contributed by atoms with E-state index in [1.54, 1.807) is 6.92 Å². The molecule has 0 aromatic heterocycles. The van der Waals surface area contributed by atoms with E-state index < -0.39 is 0 Å². The van der Waals surface area contributed by atoms with E-state index in [0.29, 0.717) is 0 Å². The van der Waals surface area contributed by atoms with Gasteiger partial charge in [0, 0.05) is 7.11 Å². The van der Waals surface area contributed by atoms with Crippen molar-refractivity contribution in [1.29, 1.82) is 0 Å². The van der Waals surface area contributed by atoms with Crippen LogP contribution in [0.25, 0.3) is 0 Å². The lowest BCUT2D eigenvalue weighted by atomic mass is 10.5. The fraction of sp³-hybridized carbons (Fsp3) is 0.800. The summed E-state index contributed by atoms with van der Waals surface area (Å²) < 4.78 is 4.54. The molecule has 1 atom stereocenters. The monoisotopic (exact) mass is 132 g/mol. The van der Waals surface area contributed by atoms with Crippen molar-refractivity contribution in [2.75, 3.05) is 13.7 Å². The highest BCUT2D eigenvalue weighted by atomic mass is 16.5. The van der Waals surface area contributed by atoms with Crippen molar-refractivity contribution in [1.82, 2.24) is 5.32 Å². The molecule has 0 saturated heterocycles. The minimum Gasteiger partial charge on any atom is -0.375 e. The van der Waals surface area contributed by atoms with E-state index in [4.69, 9.17) is 5.73 Å². The Bertz CT molecular complexity index is 93.0. The average Bonchev–Trinajstić information content (AvgIpc) is 1.63. The molecule has 0 spiro atoms. The maximum atomic E-state index is 10.5. The van der Waals surface area contributed by atoms with Gasteiger partial charge in [0.25, 0.3) is 0 Å². The van der Waals surface area contributed by atoms with Crippen LogP contribution in [-0.2, 0) is 9.53 Å². The molecular weight excluding hydrogens is 120 g/mol. The number of hydrogen-bond acceptors (Lipinski definition) is 3. The van der Waals surface area contributed by atoms with Gasteiger partial charge < -0.3 is 15.8 Å². The first-order chi connectivity index (χ1) is 4.16. The molecule has 0 aliphatic carbocycles. The minimum atomic E-state index is -0.298. The zero-order valence-electron chi connectivity index (χ0n) is 5.68. The number of hydrogen-bond donors (Lipinski definition) is 2. The summed E-state index contributed by atoms with van der Waals surface area (Å²) in [5.74, 6) is -0.187. The maximum Gasteiger partial charge on any atom is 0.247 e. The van der Waals surface area contributed by atoms with Gasteiger partial charge in [-0.3, -0.25) is 4.79 Å². The summed E-state index contributed by atoms with van der Waals surface area (Å²) in [6.07, 6.45) is -0.298. The van der Waals surface area contributed by atoms with Crippen LogP contribution in [-0.4, -0.2) is 25.8 Å². The van der Waals surface area contributed by atoms with E-state index in [0.717, 1.165) is 0 Å². The van der Waals surface area contributed by atoms with Crippen LogP contribution in [0, 0.1) is 0 Å². The molecule has 0 aromatic carbocycles. The summed E-state index contributed by atoms with van der Waals surface area (Å²) in [5.41, 5.74) is 5.24. The summed E-state index contributed by atoms with van der Waals surface area (Å²) in [5, 5.41) is 2.46. The van der Waals surface area contributed by atoms with Gasteiger partial charge in [-0.15, -0.1) is 0 Å². The van der Waals surface area contributed by atoms with Gasteiger partial charge in [0.15, 0.2) is 0 Å². The molecule has 0 radical (unpaired) electrons. The molecule has 0 aromatic rings. The van der Waals surface area contributed by atoms with E-state index in [2.05, 4.69) is 10.1 Å². The number of amides is 1. The Balaban J connectivity index is 3.27. The Hall–Kier alpha value is -0.610. The molecule has 4 nitrogen and oxygen atoms in total. The van der Waals surface area contributed by atoms with Gasteiger partial charge in [0.05, 0.1) is 6.17 Å². The molecule has 9 heavy (non-hydrogen) atoms. The van der Waals surface area contributed by atoms with Crippen LogP contribution in [0.1, 0.15) is 6.92 Å². The molecule has 0 bridgehead atoms. The van der Waals surface area contributed by atoms with Crippen molar-refractivity contribution in [2.45, 2.75) is 13.1 Å². The highest BCUT2D eigenvalue weighted by molar-refractivity contribution is 5.77. The lowest BCUT2D eigenvalue weighted by molar-refractivity contribution is -0.125. The van der Waals surface area contributed by atoms with E-state index in [-0.39, 0.29) is 18.7 Å². The number of methoxy groups -OCH3 is 1. The van der Waals surface area contributed by atoms with Crippen LogP contribution in [0.4, 0.5) is 0 Å². The second kappa shape index (κ2) is 4.29. The quantitative estimate of drug-likeness (QED) is 0.487. The van der Waals surface area contributed by atoms with E-state index in [1.807, 2.05) is 0 Å². The van der Waals surface area contributed by atoms with Crippen LogP contribution in [0.15, 0.2) is 0 Å². The molecule has 0 aliphatic heterocycles. The summed E-state index contributed by atoms with van der Waals surface area (Å²) in [6.45, 7) is 1.76. The van der Waals surface area contributed by atoms with Gasteiger partial charge in [-0.05, 0) is 6.92 Å². The third kappa shape index (κ3) is 5.26. The predicted octanol–water partition coefficient (Wildman–Crippen LogP) is -0.946. The molecule has 3 N–H and O–H groups in total. The largest absolute Gasteiger partial charge is 0.375 e. The smallest absolute Gasteiger partial charge is 0.247 e. The summed E-state index contributed by atoms with van der Waals surface area (Å²) in [7, 11) is 1.46. The lowest BCUT2D eigenvalue weighted by Gasteiger charge is -2.06. The third-order valence-corrected chi connectivity index (χ3v) is 0.664. The van der Waals surface area contributed by atoms with Crippen LogP contribution in [0.5, 0.6) is 0 Å². The number of nitrogens with one attached hydrogen (secondary N) is 1. The van der Waals surface area contributed by atoms with Crippen molar-refractivity contribution in [3.63, 3.8) is 0 Å². The highest BCUT2D eigenvalue weighted by Crippen LogP contribution is 1.70. The number of carbonyl (C=O) groups excluding carboxylic acids is 1. The van der Waals surface area contributed by atoms with Crippen molar-refractivity contribution >= 4 is 5.91 Å². The first kappa shape index (κ1) is 8.39. The van der Waals surface area contributed by atoms with Crippen LogP contribution in [0.3, 0.4) is 0 Å². The lowest BCUT2D eigenvalue weighted by Crippen LogP contribution is -2.40. The average molecular weight is 132 g/mol. The third-order valence-electron chi connectivity index (χ3n) is 0.664. The molecule has 0 rings (SSSR count). The fourth-order valence-corrected chi connectivity index (χ4v) is 0.427. The molecule has 54 valence electrons. The zero-order chi connectivity index (χ0) is 7.28. The first-order valence-corrected chi connectivity index (χ1v) is 2.70. The Morgan fingerprint density at radius 2 is 2.44 bits per heavy atom. The topological polar surface area (TPSA) is 64.3 Å². The normalized spacial score (nSPS) is 12.8. The fourth-order valence-electron chi connectivity index (χ4n) is 0.427. The van der Waals surface area contributed by atoms with Crippen molar-refractivity contribution < 1.29 is 9.53 Å². The molecule has 1 unspecified atom stereocenters. The van der Waals surface area contributed by atoms with E-state index in [9.17, 15) is 4.79 Å². The van der Waals surface area contributed by atoms with Gasteiger partial charge in [0.1, 0.15) is 6.61 Å². The molecular formula is C5H12N2O2. The number of nitrogens with two attached hydrogens (primary N) is 1. The molecule has 0 heterocycles. The molecule has 0 saturated carbocycles. The molecule has 0 fully saturated rings. The maximum absolute atomic E-state index is 10.5. The Morgan fingerprint density at radius 3 is 2.78 bits per heavy atom. The summed E-state index contributed by atoms with van der Waals surface area (Å²) in [6, 6.07) is 0. The second-order valence-corrected chi connectivity index (χ2v) is 1.79. The van der Waals surface area contributed by atoms with E-state index in [1.165, 1.54) is 7.11 Å². The van der Waals surface area contributed by atoms with Crippen molar-refractivity contribution in [3.8, 4) is 0 Å². The highest BCUT2D eigenvalue weighted by Gasteiger charge is 1.99. The second-order valence-electron chi connectivity index (χ2n) is 1.79. The van der Waals surface area contributed by atoms with Crippen LogP contribution >= 0.6 is 0 Å². The van der Waals surface area contributed by atoms with Crippen LogP contribution < -0.4 is 11.1 Å². The Kier molecular flexibility index (Phi) is 4.00. The SMILES string of the molecule is COCC(=O)NC(C)N. The van der Waals surface area contributed by atoms with Gasteiger partial charge in [-0.2, -0.15) is 0 Å². The van der Waals surface area contributed by atoms with Crippen LogP contribution in [0.2, 0.25) is 0 Å². The first-order valence-electron chi connectivity index (χ1n) is 2.70. The summed E-state index contributed by atoms with van der Waals surface area (Å²) in [4.78, 5) is 10.5. The zero-order valence-corrected chi connectivity index (χ0v) is 5.68. The minimum absolute atomic E-state index is 0.0710. The van der Waals surface area contributed by atoms with Gasteiger partial charge >= 0.3 is 0 Å². The number of rotatable bonds is 3. The van der Waals surface area contributed by atoms with Gasteiger partial charge in [0.2, 0.25) is 5.91 Å². The van der Waals surface area contributed by atoms with Gasteiger partial charge in [-0.1, -0.05) is 0 Å². The molecule has 4 heteroatoms. The van der Waals surface area contributed by atoms with Crippen molar-refractivity contribution in [2.24, 2.45) is 5.73 Å². The van der Waals surface area contributed by atoms with Crippen molar-refractivity contribution in [3.05, 3.63) is 0 Å². The number of ether oxygens (including phenoxy) is 1. The standard InChI is InChI=1S/C5H12N2O2/c1-4(6)7-5(8)3-9-2/h4H,3,6H2,1-2H3,(H,7,8).